The summed E-state index contributed by atoms with van der Waals surface area (Å²) in [5, 5.41) is 0. The van der Waals surface area contributed by atoms with E-state index in [2.05, 4.69) is 4.72 Å². The van der Waals surface area contributed by atoms with Crippen molar-refractivity contribution >= 4 is 10.2 Å². The Bertz CT molecular complexity index is 551. The van der Waals surface area contributed by atoms with Crippen molar-refractivity contribution in [1.82, 2.24) is 9.03 Å². The van der Waals surface area contributed by atoms with E-state index in [4.69, 9.17) is 4.74 Å². The van der Waals surface area contributed by atoms with E-state index in [0.29, 0.717) is 26.1 Å². The van der Waals surface area contributed by atoms with Crippen molar-refractivity contribution in [2.75, 3.05) is 27.3 Å². The molecule has 0 aromatic heterocycles. The van der Waals surface area contributed by atoms with Gasteiger partial charge in [-0.05, 0) is 30.5 Å². The van der Waals surface area contributed by atoms with E-state index in [9.17, 15) is 12.8 Å². The molecule has 20 heavy (non-hydrogen) atoms. The first-order valence-corrected chi connectivity index (χ1v) is 7.85. The molecule has 1 aromatic rings. The van der Waals surface area contributed by atoms with Gasteiger partial charge in [0.05, 0.1) is 5.54 Å². The largest absolute Gasteiger partial charge is 0.381 e. The van der Waals surface area contributed by atoms with Crippen LogP contribution >= 0.6 is 0 Å². The van der Waals surface area contributed by atoms with Crippen molar-refractivity contribution in [2.24, 2.45) is 0 Å². The quantitative estimate of drug-likeness (QED) is 0.910. The highest BCUT2D eigenvalue weighted by molar-refractivity contribution is 7.87. The van der Waals surface area contributed by atoms with Gasteiger partial charge in [-0.25, -0.2) is 4.39 Å². The van der Waals surface area contributed by atoms with Gasteiger partial charge in [0.2, 0.25) is 0 Å². The molecule has 112 valence electrons. The van der Waals surface area contributed by atoms with Gasteiger partial charge >= 0.3 is 0 Å². The second-order valence-corrected chi connectivity index (χ2v) is 6.98. The van der Waals surface area contributed by atoms with E-state index in [0.717, 1.165) is 9.87 Å². The van der Waals surface area contributed by atoms with Gasteiger partial charge in [0, 0.05) is 27.3 Å². The molecular formula is C13H19FN2O3S. The van der Waals surface area contributed by atoms with Gasteiger partial charge in [0.1, 0.15) is 5.82 Å². The van der Waals surface area contributed by atoms with Crippen molar-refractivity contribution in [3.63, 3.8) is 0 Å². The standard InChI is InChI=1S/C13H19FN2O3S/c1-16(2)20(17,18)15-13(7-9-19-10-8-13)11-3-5-12(14)6-4-11/h3-6,15H,7-10H2,1-2H3. The minimum Gasteiger partial charge on any atom is -0.381 e. The van der Waals surface area contributed by atoms with Gasteiger partial charge in [0.15, 0.2) is 0 Å². The number of hydrogen-bond donors (Lipinski definition) is 1. The fourth-order valence-electron chi connectivity index (χ4n) is 2.28. The molecule has 2 rings (SSSR count). The maximum Gasteiger partial charge on any atom is 0.279 e. The lowest BCUT2D eigenvalue weighted by Crippen LogP contribution is -2.52. The Morgan fingerprint density at radius 3 is 2.25 bits per heavy atom. The van der Waals surface area contributed by atoms with Crippen LogP contribution in [0.3, 0.4) is 0 Å². The molecule has 0 amide bonds. The van der Waals surface area contributed by atoms with E-state index >= 15 is 0 Å². The highest BCUT2D eigenvalue weighted by Gasteiger charge is 2.38. The van der Waals surface area contributed by atoms with Crippen molar-refractivity contribution in [3.05, 3.63) is 35.6 Å². The zero-order valence-electron chi connectivity index (χ0n) is 11.6. The number of rotatable bonds is 4. The highest BCUT2D eigenvalue weighted by atomic mass is 32.2. The van der Waals surface area contributed by atoms with Crippen LogP contribution in [0, 0.1) is 5.82 Å². The molecule has 1 fully saturated rings. The average Bonchev–Trinajstić information content (AvgIpc) is 2.39. The van der Waals surface area contributed by atoms with Gasteiger partial charge in [-0.1, -0.05) is 12.1 Å². The predicted octanol–water partition coefficient (Wildman–Crippen LogP) is 1.23. The summed E-state index contributed by atoms with van der Waals surface area (Å²) >= 11 is 0. The van der Waals surface area contributed by atoms with Crippen molar-refractivity contribution in [2.45, 2.75) is 18.4 Å². The van der Waals surface area contributed by atoms with E-state index in [1.54, 1.807) is 12.1 Å². The van der Waals surface area contributed by atoms with E-state index in [1.807, 2.05) is 0 Å². The van der Waals surface area contributed by atoms with Crippen molar-refractivity contribution in [1.29, 1.82) is 0 Å². The molecule has 1 heterocycles. The van der Waals surface area contributed by atoms with Gasteiger partial charge in [0.25, 0.3) is 10.2 Å². The molecule has 1 N–H and O–H groups in total. The molecule has 5 nitrogen and oxygen atoms in total. The number of ether oxygens (including phenoxy) is 1. The lowest BCUT2D eigenvalue weighted by atomic mass is 9.84. The summed E-state index contributed by atoms with van der Waals surface area (Å²) < 4.78 is 46.6. The Labute approximate surface area is 118 Å². The summed E-state index contributed by atoms with van der Waals surface area (Å²) in [4.78, 5) is 0. The lowest BCUT2D eigenvalue weighted by Gasteiger charge is -2.38. The number of nitrogens with zero attached hydrogens (tertiary/aromatic N) is 1. The molecule has 0 aliphatic carbocycles. The SMILES string of the molecule is CN(C)S(=O)(=O)NC1(c2ccc(F)cc2)CCOCC1. The zero-order chi connectivity index (χ0) is 14.8. The Hall–Kier alpha value is -1.02. The van der Waals surface area contributed by atoms with Crippen LogP contribution in [0.4, 0.5) is 4.39 Å². The van der Waals surface area contributed by atoms with Crippen LogP contribution in [0.1, 0.15) is 18.4 Å². The summed E-state index contributed by atoms with van der Waals surface area (Å²) in [6, 6.07) is 5.94. The lowest BCUT2D eigenvalue weighted by molar-refractivity contribution is 0.0454. The van der Waals surface area contributed by atoms with Gasteiger partial charge in [-0.3, -0.25) is 0 Å². The molecule has 0 radical (unpaired) electrons. The third kappa shape index (κ3) is 3.17. The molecule has 0 atom stereocenters. The van der Waals surface area contributed by atoms with E-state index in [1.165, 1.54) is 26.2 Å². The average molecular weight is 302 g/mol. The van der Waals surface area contributed by atoms with E-state index < -0.39 is 15.7 Å². The van der Waals surface area contributed by atoms with E-state index in [-0.39, 0.29) is 5.82 Å². The molecule has 1 aliphatic heterocycles. The number of benzene rings is 1. The highest BCUT2D eigenvalue weighted by Crippen LogP contribution is 2.33. The fourth-order valence-corrected chi connectivity index (χ4v) is 3.27. The molecule has 0 spiro atoms. The third-order valence-corrected chi connectivity index (χ3v) is 5.16. The van der Waals surface area contributed by atoms with Gasteiger partial charge in [-0.15, -0.1) is 0 Å². The molecule has 7 heteroatoms. The van der Waals surface area contributed by atoms with Crippen LogP contribution in [-0.4, -0.2) is 40.0 Å². The Balaban J connectivity index is 2.38. The predicted molar refractivity (Wildman–Crippen MR) is 73.9 cm³/mol. The first-order valence-electron chi connectivity index (χ1n) is 6.41. The van der Waals surface area contributed by atoms with Crippen LogP contribution in [0.5, 0.6) is 0 Å². The normalized spacial score (nSPS) is 19.2. The third-order valence-electron chi connectivity index (χ3n) is 3.55. The van der Waals surface area contributed by atoms with Crippen LogP contribution in [0.15, 0.2) is 24.3 Å². The molecular weight excluding hydrogens is 283 g/mol. The fraction of sp³-hybridized carbons (Fsp3) is 0.538. The molecule has 0 bridgehead atoms. The number of nitrogens with one attached hydrogen (secondary N) is 1. The molecule has 1 aliphatic rings. The number of halogens is 1. The molecule has 1 saturated heterocycles. The minimum absolute atomic E-state index is 0.341. The number of hydrogen-bond acceptors (Lipinski definition) is 3. The summed E-state index contributed by atoms with van der Waals surface area (Å²) in [5.41, 5.74) is 0.0160. The summed E-state index contributed by atoms with van der Waals surface area (Å²) in [6.07, 6.45) is 1.04. The Morgan fingerprint density at radius 2 is 1.75 bits per heavy atom. The summed E-state index contributed by atoms with van der Waals surface area (Å²) in [5.74, 6) is -0.341. The van der Waals surface area contributed by atoms with Crippen molar-refractivity contribution in [3.8, 4) is 0 Å². The minimum atomic E-state index is -3.58. The molecule has 0 saturated carbocycles. The van der Waals surface area contributed by atoms with Crippen molar-refractivity contribution < 1.29 is 17.5 Å². The van der Waals surface area contributed by atoms with Crippen LogP contribution in [-0.2, 0) is 20.5 Å². The second kappa shape index (κ2) is 5.77. The first kappa shape index (κ1) is 15.4. The second-order valence-electron chi connectivity index (χ2n) is 5.09. The van der Waals surface area contributed by atoms with Crippen LogP contribution in [0.25, 0.3) is 0 Å². The summed E-state index contributed by atoms with van der Waals surface area (Å²) in [6.45, 7) is 0.931. The maximum absolute atomic E-state index is 13.1. The van der Waals surface area contributed by atoms with Gasteiger partial charge in [-0.2, -0.15) is 17.4 Å². The van der Waals surface area contributed by atoms with Gasteiger partial charge < -0.3 is 4.74 Å². The van der Waals surface area contributed by atoms with Crippen LogP contribution < -0.4 is 4.72 Å². The first-order chi connectivity index (χ1) is 9.36. The smallest absolute Gasteiger partial charge is 0.279 e. The topological polar surface area (TPSA) is 58.6 Å². The zero-order valence-corrected chi connectivity index (χ0v) is 12.4. The monoisotopic (exact) mass is 302 g/mol. The van der Waals surface area contributed by atoms with Crippen LogP contribution in [0.2, 0.25) is 0 Å². The molecule has 0 unspecified atom stereocenters. The summed E-state index contributed by atoms with van der Waals surface area (Å²) in [7, 11) is -0.636. The Morgan fingerprint density at radius 1 is 1.20 bits per heavy atom. The molecule has 1 aromatic carbocycles. The Kier molecular flexibility index (Phi) is 4.43. The maximum atomic E-state index is 13.1.